The summed E-state index contributed by atoms with van der Waals surface area (Å²) in [5.41, 5.74) is 4.22. The number of rotatable bonds is 3. The van der Waals surface area contributed by atoms with E-state index in [9.17, 15) is 35.1 Å². The number of alkyl halides is 8. The van der Waals surface area contributed by atoms with Gasteiger partial charge in [-0.3, -0.25) is 5.73 Å². The molecule has 0 spiro atoms. The maximum Gasteiger partial charge on any atom is 0.460 e. The topological polar surface area (TPSA) is 26.0 Å². The van der Waals surface area contributed by atoms with Gasteiger partial charge in [0.05, 0.1) is 0 Å². The van der Waals surface area contributed by atoms with E-state index in [1.165, 1.54) is 0 Å². The van der Waals surface area contributed by atoms with Crippen LogP contribution in [0.5, 0.6) is 0 Å². The minimum absolute atomic E-state index is 0.667. The van der Waals surface area contributed by atoms with Crippen LogP contribution in [0.25, 0.3) is 0 Å². The summed E-state index contributed by atoms with van der Waals surface area (Å²) in [6.07, 6.45) is -6.58. The summed E-state index contributed by atoms with van der Waals surface area (Å²) >= 11 is 0. The lowest BCUT2D eigenvalue weighted by Gasteiger charge is -2.38. The molecule has 0 aromatic heterocycles. The first-order chi connectivity index (χ1) is 6.69. The summed E-state index contributed by atoms with van der Waals surface area (Å²) in [7, 11) is 0. The number of nitrogens with two attached hydrogens (primary N) is 1. The van der Waals surface area contributed by atoms with Crippen molar-refractivity contribution in [3.63, 3.8) is 0 Å². The lowest BCUT2D eigenvalue weighted by molar-refractivity contribution is -0.383. The van der Waals surface area contributed by atoms with Crippen LogP contribution in [0.3, 0.4) is 0 Å². The summed E-state index contributed by atoms with van der Waals surface area (Å²) in [6.45, 7) is 1.33. The molecule has 9 heteroatoms. The van der Waals surface area contributed by atoms with Crippen LogP contribution < -0.4 is 5.73 Å². The third kappa shape index (κ3) is 1.96. The standard InChI is InChI=1S/C7H9F8N/c1-3(2)4(8,16)5(9,10)6(11,12)7(13,14)15/h3H,16H2,1-2H3. The van der Waals surface area contributed by atoms with Crippen molar-refractivity contribution >= 4 is 0 Å². The Kier molecular flexibility index (Phi) is 3.57. The molecule has 0 aromatic rings. The molecule has 0 bridgehead atoms. The van der Waals surface area contributed by atoms with Crippen molar-refractivity contribution in [1.29, 1.82) is 0 Å². The Morgan fingerprint density at radius 2 is 1.06 bits per heavy atom. The first kappa shape index (κ1) is 15.4. The molecule has 1 nitrogen and oxygen atoms in total. The second-order valence-corrected chi connectivity index (χ2v) is 3.57. The van der Waals surface area contributed by atoms with Gasteiger partial charge in [-0.2, -0.15) is 30.7 Å². The molecule has 0 fully saturated rings. The Bertz CT molecular complexity index is 254. The highest BCUT2D eigenvalue weighted by Crippen LogP contribution is 2.52. The van der Waals surface area contributed by atoms with Crippen molar-refractivity contribution in [3.8, 4) is 0 Å². The second kappa shape index (κ2) is 3.71. The Hall–Kier alpha value is -0.600. The molecule has 2 N–H and O–H groups in total. The van der Waals surface area contributed by atoms with Crippen LogP contribution in [0.2, 0.25) is 0 Å². The fraction of sp³-hybridized carbons (Fsp3) is 1.00. The van der Waals surface area contributed by atoms with Gasteiger partial charge in [-0.15, -0.1) is 0 Å². The van der Waals surface area contributed by atoms with Crippen LogP contribution in [0.15, 0.2) is 0 Å². The Labute approximate surface area is 85.6 Å². The molecule has 1 atom stereocenters. The smallest absolute Gasteiger partial charge is 0.294 e. The van der Waals surface area contributed by atoms with Gasteiger partial charge in [0.15, 0.2) is 0 Å². The molecule has 0 aliphatic carbocycles. The number of halogens is 8. The predicted molar refractivity (Wildman–Crippen MR) is 38.8 cm³/mol. The molecule has 0 heterocycles. The van der Waals surface area contributed by atoms with E-state index < -0.39 is 29.7 Å². The van der Waals surface area contributed by atoms with Crippen molar-refractivity contribution in [2.75, 3.05) is 0 Å². The zero-order valence-corrected chi connectivity index (χ0v) is 8.18. The number of hydrogen-bond donors (Lipinski definition) is 1. The molecule has 98 valence electrons. The molecule has 0 aliphatic heterocycles. The van der Waals surface area contributed by atoms with Gasteiger partial charge in [-0.25, -0.2) is 4.39 Å². The zero-order valence-electron chi connectivity index (χ0n) is 8.18. The van der Waals surface area contributed by atoms with Gasteiger partial charge in [0.1, 0.15) is 0 Å². The number of hydrogen-bond acceptors (Lipinski definition) is 1. The van der Waals surface area contributed by atoms with Crippen LogP contribution in [-0.4, -0.2) is 23.8 Å². The summed E-state index contributed by atoms with van der Waals surface area (Å²) in [5, 5.41) is 0. The quantitative estimate of drug-likeness (QED) is 0.611. The van der Waals surface area contributed by atoms with E-state index in [2.05, 4.69) is 5.73 Å². The second-order valence-electron chi connectivity index (χ2n) is 3.57. The third-order valence-electron chi connectivity index (χ3n) is 2.07. The first-order valence-electron chi connectivity index (χ1n) is 3.99. The van der Waals surface area contributed by atoms with Crippen LogP contribution in [0.4, 0.5) is 35.1 Å². The lowest BCUT2D eigenvalue weighted by atomic mass is 9.91. The van der Waals surface area contributed by atoms with Gasteiger partial charge in [0, 0.05) is 5.92 Å². The van der Waals surface area contributed by atoms with Crippen LogP contribution in [0.1, 0.15) is 13.8 Å². The van der Waals surface area contributed by atoms with Gasteiger partial charge >= 0.3 is 18.0 Å². The Morgan fingerprint density at radius 3 is 1.25 bits per heavy atom. The largest absolute Gasteiger partial charge is 0.460 e. The SMILES string of the molecule is CC(C)C(N)(F)C(F)(F)C(F)(F)C(F)(F)F. The van der Waals surface area contributed by atoms with Gasteiger partial charge in [-0.1, -0.05) is 13.8 Å². The highest BCUT2D eigenvalue weighted by Gasteiger charge is 2.80. The van der Waals surface area contributed by atoms with E-state index in [4.69, 9.17) is 0 Å². The molecule has 0 rings (SSSR count). The van der Waals surface area contributed by atoms with Crippen molar-refractivity contribution < 1.29 is 35.1 Å². The predicted octanol–water partition coefficient (Wildman–Crippen LogP) is 3.10. The van der Waals surface area contributed by atoms with E-state index >= 15 is 0 Å². The Balaban J connectivity index is 5.53. The molecule has 0 saturated carbocycles. The summed E-state index contributed by atoms with van der Waals surface area (Å²) in [4.78, 5) is 0. The van der Waals surface area contributed by atoms with Gasteiger partial charge < -0.3 is 0 Å². The summed E-state index contributed by atoms with van der Waals surface area (Å²) in [5.74, 6) is -19.0. The molecule has 0 saturated heterocycles. The average molecular weight is 259 g/mol. The molecule has 1 unspecified atom stereocenters. The monoisotopic (exact) mass is 259 g/mol. The lowest BCUT2D eigenvalue weighted by Crippen LogP contribution is -2.68. The summed E-state index contributed by atoms with van der Waals surface area (Å²) in [6, 6.07) is 0. The van der Waals surface area contributed by atoms with Crippen LogP contribution >= 0.6 is 0 Å². The van der Waals surface area contributed by atoms with E-state index in [-0.39, 0.29) is 0 Å². The van der Waals surface area contributed by atoms with Crippen molar-refractivity contribution in [2.24, 2.45) is 11.7 Å². The molecular formula is C7H9F8N. The fourth-order valence-electron chi connectivity index (χ4n) is 0.781. The van der Waals surface area contributed by atoms with Gasteiger partial charge in [-0.05, 0) is 0 Å². The highest BCUT2D eigenvalue weighted by molar-refractivity contribution is 5.03. The minimum Gasteiger partial charge on any atom is -0.294 e. The van der Waals surface area contributed by atoms with Gasteiger partial charge in [0.25, 0.3) is 0 Å². The Morgan fingerprint density at radius 1 is 0.750 bits per heavy atom. The summed E-state index contributed by atoms with van der Waals surface area (Å²) < 4.78 is 98.3. The maximum atomic E-state index is 13.1. The van der Waals surface area contributed by atoms with Crippen LogP contribution in [0, 0.1) is 5.92 Å². The first-order valence-corrected chi connectivity index (χ1v) is 3.99. The van der Waals surface area contributed by atoms with E-state index in [0.717, 1.165) is 0 Å². The molecule has 0 aromatic carbocycles. The fourth-order valence-corrected chi connectivity index (χ4v) is 0.781. The van der Waals surface area contributed by atoms with E-state index in [0.29, 0.717) is 13.8 Å². The van der Waals surface area contributed by atoms with Crippen molar-refractivity contribution in [3.05, 3.63) is 0 Å². The maximum absolute atomic E-state index is 13.1. The van der Waals surface area contributed by atoms with Crippen molar-refractivity contribution in [1.82, 2.24) is 0 Å². The molecule has 0 amide bonds. The molecule has 0 radical (unpaired) electrons. The van der Waals surface area contributed by atoms with E-state index in [1.54, 1.807) is 0 Å². The highest BCUT2D eigenvalue weighted by atomic mass is 19.4. The van der Waals surface area contributed by atoms with Gasteiger partial charge in [0.2, 0.25) is 5.79 Å². The molecule has 0 aliphatic rings. The molecular weight excluding hydrogens is 250 g/mol. The minimum atomic E-state index is -6.58. The van der Waals surface area contributed by atoms with Crippen LogP contribution in [-0.2, 0) is 0 Å². The average Bonchev–Trinajstić information content (AvgIpc) is 2.00. The van der Waals surface area contributed by atoms with E-state index in [1.807, 2.05) is 0 Å². The normalized spacial score (nSPS) is 18.8. The third-order valence-corrected chi connectivity index (χ3v) is 2.07. The van der Waals surface area contributed by atoms with Crippen molar-refractivity contribution in [2.45, 2.75) is 37.7 Å². The molecule has 16 heavy (non-hydrogen) atoms. The zero-order chi connectivity index (χ0) is 13.6.